The van der Waals surface area contributed by atoms with Gasteiger partial charge >= 0.3 is 6.09 Å². The highest BCUT2D eigenvalue weighted by atomic mass is 32.2. The molecule has 1 aliphatic rings. The summed E-state index contributed by atoms with van der Waals surface area (Å²) < 4.78 is 5.31. The lowest BCUT2D eigenvalue weighted by Gasteiger charge is -2.33. The van der Waals surface area contributed by atoms with Crippen LogP contribution in [0.25, 0.3) is 0 Å². The zero-order valence-electron chi connectivity index (χ0n) is 16.6. The molecule has 0 saturated heterocycles. The number of likely N-dealkylation sites (N-methyl/N-ethyl adjacent to an activating group) is 1. The Bertz CT molecular complexity index is 522. The first-order chi connectivity index (χ1) is 11.5. The Hall–Kier alpha value is -1.20. The van der Waals surface area contributed by atoms with Gasteiger partial charge in [-0.15, -0.1) is 11.8 Å². The van der Waals surface area contributed by atoms with Crippen molar-refractivity contribution in [3.05, 3.63) is 35.8 Å². The van der Waals surface area contributed by atoms with Crippen molar-refractivity contribution in [2.24, 2.45) is 5.92 Å². The van der Waals surface area contributed by atoms with E-state index < -0.39 is 5.60 Å². The van der Waals surface area contributed by atoms with Crippen LogP contribution in [0.2, 0.25) is 0 Å². The van der Waals surface area contributed by atoms with E-state index in [1.54, 1.807) is 0 Å². The maximum Gasteiger partial charge on any atom is 0.407 e. The van der Waals surface area contributed by atoms with Crippen molar-refractivity contribution in [3.8, 4) is 0 Å². The van der Waals surface area contributed by atoms with Gasteiger partial charge in [-0.1, -0.05) is 37.8 Å². The minimum atomic E-state index is -0.457. The molecular formula is C20H34N2O2S. The van der Waals surface area contributed by atoms with Crippen molar-refractivity contribution in [1.29, 1.82) is 0 Å². The van der Waals surface area contributed by atoms with Gasteiger partial charge in [-0.3, -0.25) is 0 Å². The van der Waals surface area contributed by atoms with E-state index in [9.17, 15) is 4.79 Å². The fourth-order valence-electron chi connectivity index (χ4n) is 2.40. The predicted octanol–water partition coefficient (Wildman–Crippen LogP) is 4.60. The molecule has 0 radical (unpaired) electrons. The molecule has 0 aromatic heterocycles. The minimum Gasteiger partial charge on any atom is -0.444 e. The van der Waals surface area contributed by atoms with E-state index in [2.05, 4.69) is 62.0 Å². The number of alkyl carbamates (subject to hydrolysis) is 1. The summed E-state index contributed by atoms with van der Waals surface area (Å²) in [6.45, 7) is 16.6. The monoisotopic (exact) mass is 366 g/mol. The van der Waals surface area contributed by atoms with Crippen LogP contribution in [0.3, 0.4) is 0 Å². The van der Waals surface area contributed by atoms with Crippen LogP contribution in [0.5, 0.6) is 0 Å². The number of ether oxygens (including phenoxy) is 1. The van der Waals surface area contributed by atoms with Crippen LogP contribution in [0.4, 0.5) is 4.79 Å². The highest BCUT2D eigenvalue weighted by Gasteiger charge is 2.29. The first kappa shape index (κ1) is 21.8. The average molecular weight is 367 g/mol. The molecule has 4 nitrogen and oxygen atoms in total. The molecule has 25 heavy (non-hydrogen) atoms. The van der Waals surface area contributed by atoms with Crippen molar-refractivity contribution < 1.29 is 9.53 Å². The molecule has 0 heterocycles. The van der Waals surface area contributed by atoms with Crippen molar-refractivity contribution in [3.63, 3.8) is 0 Å². The third kappa shape index (κ3) is 8.63. The van der Waals surface area contributed by atoms with Crippen LogP contribution >= 0.6 is 11.8 Å². The molecule has 0 aromatic carbocycles. The number of carbonyl (C=O) groups excluding carboxylic acids is 1. The van der Waals surface area contributed by atoms with E-state index in [0.717, 1.165) is 19.5 Å². The van der Waals surface area contributed by atoms with E-state index in [4.69, 9.17) is 4.74 Å². The number of hydrogen-bond donors (Lipinski definition) is 1. The van der Waals surface area contributed by atoms with Gasteiger partial charge in [-0.2, -0.15) is 0 Å². The molecule has 0 aromatic rings. The Kier molecular flexibility index (Phi) is 8.29. The number of allylic oxidation sites excluding steroid dienone is 3. The Morgan fingerprint density at radius 1 is 1.36 bits per heavy atom. The molecule has 0 spiro atoms. The van der Waals surface area contributed by atoms with Gasteiger partial charge in [-0.05, 0) is 52.0 Å². The Morgan fingerprint density at radius 2 is 2.04 bits per heavy atom. The van der Waals surface area contributed by atoms with E-state index in [-0.39, 0.29) is 10.8 Å². The zero-order chi connectivity index (χ0) is 19.1. The first-order valence-electron chi connectivity index (χ1n) is 8.90. The average Bonchev–Trinajstić information content (AvgIpc) is 2.46. The molecule has 0 fully saturated rings. The maximum absolute atomic E-state index is 11.6. The van der Waals surface area contributed by atoms with Crippen LogP contribution in [-0.4, -0.2) is 48.0 Å². The molecule has 1 N–H and O–H groups in total. The fourth-order valence-corrected chi connectivity index (χ4v) is 3.63. The largest absolute Gasteiger partial charge is 0.444 e. The smallest absolute Gasteiger partial charge is 0.407 e. The second kappa shape index (κ2) is 9.48. The topological polar surface area (TPSA) is 41.6 Å². The number of hydrogen-bond acceptors (Lipinski definition) is 4. The number of nitrogens with zero attached hydrogens (tertiary/aromatic N) is 1. The predicted molar refractivity (Wildman–Crippen MR) is 109 cm³/mol. The first-order valence-corrected chi connectivity index (χ1v) is 9.72. The van der Waals surface area contributed by atoms with Gasteiger partial charge in [0.25, 0.3) is 0 Å². The molecule has 1 amide bonds. The number of rotatable bonds is 8. The minimum absolute atomic E-state index is 0.0860. The normalized spacial score (nSPS) is 22.9. The second-order valence-electron chi connectivity index (χ2n) is 7.84. The van der Waals surface area contributed by atoms with Gasteiger partial charge < -0.3 is 15.0 Å². The molecule has 0 bridgehead atoms. The van der Waals surface area contributed by atoms with Crippen LogP contribution < -0.4 is 5.32 Å². The fraction of sp³-hybridized carbons (Fsp3) is 0.650. The molecule has 0 aliphatic heterocycles. The molecule has 142 valence electrons. The maximum atomic E-state index is 11.6. The van der Waals surface area contributed by atoms with Crippen LogP contribution in [0.15, 0.2) is 35.8 Å². The number of thioether (sulfide) groups is 1. The highest BCUT2D eigenvalue weighted by Crippen LogP contribution is 2.41. The van der Waals surface area contributed by atoms with E-state index in [1.165, 1.54) is 4.91 Å². The second-order valence-corrected chi connectivity index (χ2v) is 9.50. The van der Waals surface area contributed by atoms with Crippen molar-refractivity contribution in [2.75, 3.05) is 26.7 Å². The lowest BCUT2D eigenvalue weighted by Crippen LogP contribution is -2.37. The third-order valence-corrected chi connectivity index (χ3v) is 5.58. The number of carbonyl (C=O) groups is 1. The van der Waals surface area contributed by atoms with E-state index in [1.807, 2.05) is 32.5 Å². The number of amides is 1. The van der Waals surface area contributed by atoms with Gasteiger partial charge in [-0.25, -0.2) is 4.79 Å². The summed E-state index contributed by atoms with van der Waals surface area (Å²) in [4.78, 5) is 15.0. The van der Waals surface area contributed by atoms with Crippen LogP contribution in [-0.2, 0) is 4.74 Å². The molecule has 5 heteroatoms. The SMILES string of the molecule is C=C(CCN(C)CCNC(=O)OC(C)(C)C)SC1(C)C=CC=CC1C. The van der Waals surface area contributed by atoms with Crippen LogP contribution in [0, 0.1) is 5.92 Å². The summed E-state index contributed by atoms with van der Waals surface area (Å²) in [6.07, 6.45) is 9.32. The molecule has 0 saturated carbocycles. The summed E-state index contributed by atoms with van der Waals surface area (Å²) in [6, 6.07) is 0. The van der Waals surface area contributed by atoms with Crippen molar-refractivity contribution in [2.45, 2.75) is 51.4 Å². The Labute approximate surface area is 157 Å². The summed E-state index contributed by atoms with van der Waals surface area (Å²) in [7, 11) is 2.06. The third-order valence-electron chi connectivity index (χ3n) is 4.14. The van der Waals surface area contributed by atoms with Gasteiger partial charge in [0.15, 0.2) is 0 Å². The summed E-state index contributed by atoms with van der Waals surface area (Å²) >= 11 is 1.86. The lowest BCUT2D eigenvalue weighted by molar-refractivity contribution is 0.0523. The van der Waals surface area contributed by atoms with Gasteiger partial charge in [0.1, 0.15) is 5.60 Å². The molecule has 1 rings (SSSR count). The molecule has 2 unspecified atom stereocenters. The standard InChI is InChI=1S/C20H34N2O2S/c1-16-10-8-9-12-20(16,6)25-17(2)11-14-22(7)15-13-21-18(23)24-19(3,4)5/h8-10,12,16H,2,11,13-15H2,1,3-7H3,(H,21,23). The Balaban J connectivity index is 2.24. The van der Waals surface area contributed by atoms with Gasteiger partial charge in [0.2, 0.25) is 0 Å². The molecule has 2 atom stereocenters. The van der Waals surface area contributed by atoms with Crippen molar-refractivity contribution in [1.82, 2.24) is 10.2 Å². The quantitative estimate of drug-likeness (QED) is 0.681. The highest BCUT2D eigenvalue weighted by molar-refractivity contribution is 8.04. The lowest BCUT2D eigenvalue weighted by atomic mass is 9.91. The summed E-state index contributed by atoms with van der Waals surface area (Å²) in [5, 5.41) is 2.79. The van der Waals surface area contributed by atoms with Crippen LogP contribution in [0.1, 0.15) is 41.0 Å². The molecular weight excluding hydrogens is 332 g/mol. The molecule has 1 aliphatic carbocycles. The van der Waals surface area contributed by atoms with Gasteiger partial charge in [0.05, 0.1) is 0 Å². The van der Waals surface area contributed by atoms with E-state index >= 15 is 0 Å². The Morgan fingerprint density at radius 3 is 2.64 bits per heavy atom. The zero-order valence-corrected chi connectivity index (χ0v) is 17.4. The van der Waals surface area contributed by atoms with E-state index in [0.29, 0.717) is 12.5 Å². The summed E-state index contributed by atoms with van der Waals surface area (Å²) in [5.41, 5.74) is -0.457. The van der Waals surface area contributed by atoms with Crippen molar-refractivity contribution >= 4 is 17.9 Å². The number of nitrogens with one attached hydrogen (secondary N) is 1. The van der Waals surface area contributed by atoms with Gasteiger partial charge in [0, 0.05) is 24.4 Å². The summed E-state index contributed by atoms with van der Waals surface area (Å²) in [5.74, 6) is 0.495.